The Morgan fingerprint density at radius 3 is 2.27 bits per heavy atom. The van der Waals surface area contributed by atoms with E-state index in [1.54, 1.807) is 6.92 Å². The fourth-order valence-corrected chi connectivity index (χ4v) is 7.80. The molecular weight excluding hydrogens is 707 g/mol. The highest BCUT2D eigenvalue weighted by molar-refractivity contribution is 7.92. The van der Waals surface area contributed by atoms with Crippen LogP contribution in [0.2, 0.25) is 0 Å². The summed E-state index contributed by atoms with van der Waals surface area (Å²) >= 11 is 0. The van der Waals surface area contributed by atoms with Crippen molar-refractivity contribution in [3.63, 3.8) is 0 Å². The molecule has 9 nitrogen and oxygen atoms in total. The second kappa shape index (κ2) is 15.2. The van der Waals surface area contributed by atoms with Crippen LogP contribution in [0, 0.1) is 23.3 Å². The predicted octanol–water partition coefficient (Wildman–Crippen LogP) is 5.88. The molecule has 0 unspecified atom stereocenters. The lowest BCUT2D eigenvalue weighted by Crippen LogP contribution is -2.66. The summed E-state index contributed by atoms with van der Waals surface area (Å²) in [6.07, 6.45) is -3.45. The molecule has 0 saturated carbocycles. The van der Waals surface area contributed by atoms with E-state index >= 15 is 4.39 Å². The van der Waals surface area contributed by atoms with Crippen molar-refractivity contribution in [3.8, 4) is 5.75 Å². The highest BCUT2D eigenvalue weighted by atomic mass is 32.2. The highest BCUT2D eigenvalue weighted by Crippen LogP contribution is 2.34. The number of hydrogen-bond donors (Lipinski definition) is 4. The van der Waals surface area contributed by atoms with E-state index in [2.05, 4.69) is 31.0 Å². The van der Waals surface area contributed by atoms with Crippen molar-refractivity contribution in [3.05, 3.63) is 114 Å². The first-order chi connectivity index (χ1) is 24.0. The van der Waals surface area contributed by atoms with Crippen molar-refractivity contribution in [2.24, 2.45) is 0 Å². The number of benzene rings is 3. The molecule has 1 aliphatic rings. The van der Waals surface area contributed by atoms with Gasteiger partial charge in [-0.25, -0.2) is 26.0 Å². The van der Waals surface area contributed by atoms with E-state index in [0.29, 0.717) is 18.2 Å². The van der Waals surface area contributed by atoms with Gasteiger partial charge in [-0.15, -0.1) is 13.2 Å². The number of carbonyl (C=O) groups excluding carboxylic acids is 1. The molecule has 0 bridgehead atoms. The Labute approximate surface area is 288 Å². The van der Waals surface area contributed by atoms with E-state index in [0.717, 1.165) is 42.6 Å². The van der Waals surface area contributed by atoms with Gasteiger partial charge in [0.2, 0.25) is 5.91 Å². The third kappa shape index (κ3) is 9.33. The molecule has 17 heteroatoms. The number of rotatable bonds is 12. The van der Waals surface area contributed by atoms with Crippen LogP contribution < -0.4 is 26.0 Å². The Balaban J connectivity index is 1.45. The molecule has 272 valence electrons. The highest BCUT2D eigenvalue weighted by Gasteiger charge is 2.47. The Kier molecular flexibility index (Phi) is 11.2. The van der Waals surface area contributed by atoms with Gasteiger partial charge >= 0.3 is 6.36 Å². The van der Waals surface area contributed by atoms with Crippen molar-refractivity contribution in [1.82, 2.24) is 15.6 Å². The van der Waals surface area contributed by atoms with Gasteiger partial charge < -0.3 is 20.7 Å². The molecule has 1 amide bonds. The third-order valence-electron chi connectivity index (χ3n) is 8.17. The molecule has 1 saturated heterocycles. The van der Waals surface area contributed by atoms with Crippen molar-refractivity contribution in [2.45, 2.75) is 54.4 Å². The molecule has 0 radical (unpaired) electrons. The van der Waals surface area contributed by atoms with E-state index in [1.807, 2.05) is 0 Å². The van der Waals surface area contributed by atoms with E-state index in [4.69, 9.17) is 0 Å². The second-order valence-electron chi connectivity index (χ2n) is 12.0. The fourth-order valence-electron chi connectivity index (χ4n) is 5.83. The fraction of sp³-hybridized carbons (Fsp3) is 0.294. The monoisotopic (exact) mass is 739 g/mol. The van der Waals surface area contributed by atoms with Crippen molar-refractivity contribution < 1.29 is 48.7 Å². The lowest BCUT2D eigenvalue weighted by Gasteiger charge is -2.41. The summed E-state index contributed by atoms with van der Waals surface area (Å²) in [7, 11) is -4.36. The number of ether oxygens (including phenoxy) is 1. The molecule has 0 aliphatic carbocycles. The average molecular weight is 740 g/mol. The van der Waals surface area contributed by atoms with E-state index in [9.17, 15) is 39.6 Å². The zero-order valence-electron chi connectivity index (χ0n) is 26.8. The lowest BCUT2D eigenvalue weighted by atomic mass is 10.00. The van der Waals surface area contributed by atoms with Gasteiger partial charge in [0.25, 0.3) is 0 Å². The number of piperazine rings is 1. The molecule has 1 fully saturated rings. The minimum atomic E-state index is -4.98. The van der Waals surface area contributed by atoms with Gasteiger partial charge in [-0.3, -0.25) is 15.1 Å². The Morgan fingerprint density at radius 2 is 1.65 bits per heavy atom. The van der Waals surface area contributed by atoms with E-state index < -0.39 is 68.1 Å². The Hall–Kier alpha value is -4.74. The molecule has 1 aromatic heterocycles. The van der Waals surface area contributed by atoms with Crippen LogP contribution in [0.5, 0.6) is 5.75 Å². The molecule has 4 aromatic rings. The quantitative estimate of drug-likeness (QED) is 0.133. The van der Waals surface area contributed by atoms with Crippen LogP contribution in [0.1, 0.15) is 24.5 Å². The standard InChI is InChI=1S/C34H32F7N5O4S/c1-20-16-43-19-33(46-20,51(48,49)27-8-6-26(7-9-27)50-34(39,40)41)11-10-28-29(38)17-42-18-31(28)45-30(12-21-2-4-22(35)5-3-21)32(47)44-25-14-23(36)13-24(37)15-25/h2-9,13-15,17-18,20,30,43,45-46H,10-12,16,19H2,1H3,(H,44,47)/t20-,30+,33+/m1/s1. The van der Waals surface area contributed by atoms with Gasteiger partial charge in [0.1, 0.15) is 39.9 Å². The summed E-state index contributed by atoms with van der Waals surface area (Å²) in [5, 5.41) is 11.5. The van der Waals surface area contributed by atoms with Gasteiger partial charge in [-0.2, -0.15) is 0 Å². The molecule has 3 atom stereocenters. The number of nitrogens with zero attached hydrogens (tertiary/aromatic N) is 1. The number of halogens is 7. The lowest BCUT2D eigenvalue weighted by molar-refractivity contribution is -0.274. The molecule has 2 heterocycles. The molecule has 0 spiro atoms. The summed E-state index contributed by atoms with van der Waals surface area (Å²) < 4.78 is 127. The molecule has 3 aromatic carbocycles. The minimum Gasteiger partial charge on any atom is -0.406 e. The number of alkyl halides is 3. The van der Waals surface area contributed by atoms with Gasteiger partial charge in [-0.1, -0.05) is 12.1 Å². The first-order valence-electron chi connectivity index (χ1n) is 15.5. The van der Waals surface area contributed by atoms with Gasteiger partial charge in [-0.05, 0) is 73.9 Å². The van der Waals surface area contributed by atoms with Crippen molar-refractivity contribution >= 4 is 27.1 Å². The number of carbonyl (C=O) groups is 1. The summed E-state index contributed by atoms with van der Waals surface area (Å²) in [5.74, 6) is -4.67. The van der Waals surface area contributed by atoms with Crippen LogP contribution >= 0.6 is 0 Å². The summed E-state index contributed by atoms with van der Waals surface area (Å²) in [4.78, 5) is 15.3. The normalized spacial score (nSPS) is 18.5. The topological polar surface area (TPSA) is 121 Å². The zero-order chi connectivity index (χ0) is 37.0. The maximum absolute atomic E-state index is 15.5. The summed E-state index contributed by atoms with van der Waals surface area (Å²) in [5.41, 5.74) is 0.225. The van der Waals surface area contributed by atoms with Crippen LogP contribution in [0.15, 0.2) is 84.0 Å². The second-order valence-corrected chi connectivity index (χ2v) is 14.3. The zero-order valence-corrected chi connectivity index (χ0v) is 27.6. The summed E-state index contributed by atoms with van der Waals surface area (Å²) in [6.45, 7) is 1.97. The van der Waals surface area contributed by atoms with Crippen LogP contribution in [0.4, 0.5) is 42.1 Å². The number of sulfone groups is 1. The molecule has 5 rings (SSSR count). The maximum Gasteiger partial charge on any atom is 0.573 e. The largest absolute Gasteiger partial charge is 0.573 e. The smallest absolute Gasteiger partial charge is 0.406 e. The molecule has 51 heavy (non-hydrogen) atoms. The van der Waals surface area contributed by atoms with Crippen LogP contribution in [0.25, 0.3) is 0 Å². The first-order valence-corrected chi connectivity index (χ1v) is 17.0. The van der Waals surface area contributed by atoms with Crippen LogP contribution in [-0.4, -0.2) is 55.7 Å². The Bertz CT molecular complexity index is 1950. The number of aromatic nitrogens is 1. The van der Waals surface area contributed by atoms with Crippen LogP contribution in [0.3, 0.4) is 0 Å². The number of hydrogen-bond acceptors (Lipinski definition) is 8. The Morgan fingerprint density at radius 1 is 0.980 bits per heavy atom. The number of anilines is 2. The van der Waals surface area contributed by atoms with Gasteiger partial charge in [0.05, 0.1) is 23.0 Å². The SMILES string of the molecule is C[C@@H]1CNC[C@](CCc2c(F)cncc2N[C@@H](Cc2ccc(F)cc2)C(=O)Nc2cc(F)cc(F)c2)(S(=O)(=O)c2ccc(OC(F)(F)F)cc2)N1. The molecule has 1 aliphatic heterocycles. The summed E-state index contributed by atoms with van der Waals surface area (Å²) in [6, 6.07) is 9.70. The predicted molar refractivity (Wildman–Crippen MR) is 174 cm³/mol. The first kappa shape index (κ1) is 37.5. The molecular formula is C34H32F7N5O4S. The number of amides is 1. The third-order valence-corrected chi connectivity index (χ3v) is 10.6. The number of pyridine rings is 1. The van der Waals surface area contributed by atoms with Gasteiger partial charge in [0.15, 0.2) is 9.84 Å². The van der Waals surface area contributed by atoms with E-state index in [1.165, 1.54) is 30.5 Å². The maximum atomic E-state index is 15.5. The van der Waals surface area contributed by atoms with E-state index in [-0.39, 0.29) is 47.6 Å². The minimum absolute atomic E-state index is 0.000650. The van der Waals surface area contributed by atoms with Crippen molar-refractivity contribution in [1.29, 1.82) is 0 Å². The van der Waals surface area contributed by atoms with Crippen molar-refractivity contribution in [2.75, 3.05) is 23.7 Å². The van der Waals surface area contributed by atoms with Crippen LogP contribution in [-0.2, 0) is 27.5 Å². The number of nitrogens with one attached hydrogen (secondary N) is 4. The van der Waals surface area contributed by atoms with Gasteiger partial charge in [0, 0.05) is 42.9 Å². The molecule has 4 N–H and O–H groups in total. The average Bonchev–Trinajstić information content (AvgIpc) is 3.04.